The fourth-order valence-corrected chi connectivity index (χ4v) is 1.46. The standard InChI is InChI=1S/C10H16BrN3O/c1-4-14-9(5-8(3)13-14)10(15)12-6-7(2)11/h5,7H,4,6H2,1-3H3,(H,12,15). The number of nitrogens with zero attached hydrogens (tertiary/aromatic N) is 2. The summed E-state index contributed by atoms with van der Waals surface area (Å²) in [5.74, 6) is -0.0660. The summed E-state index contributed by atoms with van der Waals surface area (Å²) in [5, 5.41) is 7.06. The number of alkyl halides is 1. The van der Waals surface area contributed by atoms with Gasteiger partial charge in [0.1, 0.15) is 5.69 Å². The van der Waals surface area contributed by atoms with Gasteiger partial charge in [-0.05, 0) is 19.9 Å². The van der Waals surface area contributed by atoms with Gasteiger partial charge in [0, 0.05) is 17.9 Å². The minimum absolute atomic E-state index is 0.0660. The Labute approximate surface area is 98.2 Å². The van der Waals surface area contributed by atoms with E-state index < -0.39 is 0 Å². The molecule has 0 fully saturated rings. The van der Waals surface area contributed by atoms with Crippen LogP contribution in [0.2, 0.25) is 0 Å². The minimum atomic E-state index is -0.0660. The molecule has 15 heavy (non-hydrogen) atoms. The molecule has 0 aromatic carbocycles. The molecular weight excluding hydrogens is 258 g/mol. The summed E-state index contributed by atoms with van der Waals surface area (Å²) in [5.41, 5.74) is 1.50. The first-order valence-corrected chi connectivity index (χ1v) is 5.93. The maximum Gasteiger partial charge on any atom is 0.269 e. The molecule has 1 unspecified atom stereocenters. The van der Waals surface area contributed by atoms with Crippen LogP contribution in [-0.4, -0.2) is 27.1 Å². The average Bonchev–Trinajstić information content (AvgIpc) is 2.56. The van der Waals surface area contributed by atoms with Crippen LogP contribution in [0.15, 0.2) is 6.07 Å². The Balaban J connectivity index is 2.72. The van der Waals surface area contributed by atoms with Crippen LogP contribution in [0.25, 0.3) is 0 Å². The molecule has 1 N–H and O–H groups in total. The highest BCUT2D eigenvalue weighted by Crippen LogP contribution is 2.04. The van der Waals surface area contributed by atoms with Crippen LogP contribution < -0.4 is 5.32 Å². The van der Waals surface area contributed by atoms with Gasteiger partial charge in [-0.2, -0.15) is 5.10 Å². The Morgan fingerprint density at radius 3 is 2.93 bits per heavy atom. The van der Waals surface area contributed by atoms with Gasteiger partial charge in [-0.3, -0.25) is 9.48 Å². The Morgan fingerprint density at radius 2 is 2.40 bits per heavy atom. The first kappa shape index (κ1) is 12.2. The normalized spacial score (nSPS) is 12.5. The number of aromatic nitrogens is 2. The van der Waals surface area contributed by atoms with Gasteiger partial charge in [0.25, 0.3) is 5.91 Å². The molecule has 84 valence electrons. The molecule has 1 rings (SSSR count). The second-order valence-corrected chi connectivity index (χ2v) is 5.04. The molecule has 0 aliphatic rings. The van der Waals surface area contributed by atoms with Crippen molar-refractivity contribution in [3.05, 3.63) is 17.5 Å². The summed E-state index contributed by atoms with van der Waals surface area (Å²) < 4.78 is 1.71. The number of carbonyl (C=O) groups excluding carboxylic acids is 1. The first-order valence-electron chi connectivity index (χ1n) is 5.01. The fourth-order valence-electron chi connectivity index (χ4n) is 1.29. The smallest absolute Gasteiger partial charge is 0.269 e. The van der Waals surface area contributed by atoms with E-state index >= 15 is 0 Å². The molecule has 1 heterocycles. The third-order valence-electron chi connectivity index (χ3n) is 1.98. The predicted octanol–water partition coefficient (Wildman–Crippen LogP) is 1.72. The summed E-state index contributed by atoms with van der Waals surface area (Å²) in [6.45, 7) is 7.17. The Morgan fingerprint density at radius 1 is 1.73 bits per heavy atom. The molecule has 0 aliphatic heterocycles. The molecule has 0 saturated carbocycles. The van der Waals surface area contributed by atoms with E-state index in [1.807, 2.05) is 20.8 Å². The predicted molar refractivity (Wildman–Crippen MR) is 63.4 cm³/mol. The lowest BCUT2D eigenvalue weighted by Gasteiger charge is -2.07. The molecule has 0 radical (unpaired) electrons. The molecular formula is C10H16BrN3O. The van der Waals surface area contributed by atoms with Crippen molar-refractivity contribution in [3.63, 3.8) is 0 Å². The van der Waals surface area contributed by atoms with Gasteiger partial charge in [-0.25, -0.2) is 0 Å². The molecule has 0 spiro atoms. The molecule has 0 saturated heterocycles. The van der Waals surface area contributed by atoms with E-state index in [1.54, 1.807) is 10.7 Å². The molecule has 0 bridgehead atoms. The molecule has 0 aliphatic carbocycles. The van der Waals surface area contributed by atoms with Crippen LogP contribution in [0, 0.1) is 6.92 Å². The van der Waals surface area contributed by atoms with Gasteiger partial charge in [0.2, 0.25) is 0 Å². The zero-order valence-corrected chi connectivity index (χ0v) is 10.8. The quantitative estimate of drug-likeness (QED) is 0.850. The van der Waals surface area contributed by atoms with Gasteiger partial charge in [0.15, 0.2) is 0 Å². The van der Waals surface area contributed by atoms with Crippen LogP contribution in [0.1, 0.15) is 30.0 Å². The van der Waals surface area contributed by atoms with E-state index in [2.05, 4.69) is 26.3 Å². The lowest BCUT2D eigenvalue weighted by molar-refractivity contribution is 0.0943. The van der Waals surface area contributed by atoms with E-state index in [9.17, 15) is 4.79 Å². The lowest BCUT2D eigenvalue weighted by atomic mass is 10.3. The number of hydrogen-bond acceptors (Lipinski definition) is 2. The minimum Gasteiger partial charge on any atom is -0.350 e. The van der Waals surface area contributed by atoms with Crippen molar-refractivity contribution in [2.75, 3.05) is 6.54 Å². The number of carbonyl (C=O) groups is 1. The first-order chi connectivity index (χ1) is 7.04. The van der Waals surface area contributed by atoms with Crippen molar-refractivity contribution in [1.82, 2.24) is 15.1 Å². The summed E-state index contributed by atoms with van der Waals surface area (Å²) >= 11 is 3.38. The number of halogens is 1. The van der Waals surface area contributed by atoms with Crippen LogP contribution >= 0.6 is 15.9 Å². The lowest BCUT2D eigenvalue weighted by Crippen LogP contribution is -2.30. The maximum absolute atomic E-state index is 11.7. The van der Waals surface area contributed by atoms with Gasteiger partial charge in [-0.15, -0.1) is 0 Å². The van der Waals surface area contributed by atoms with E-state index in [0.717, 1.165) is 5.69 Å². The Kier molecular flexibility index (Phi) is 4.32. The van der Waals surface area contributed by atoms with Crippen molar-refractivity contribution in [2.45, 2.75) is 32.1 Å². The van der Waals surface area contributed by atoms with Gasteiger partial charge in [0.05, 0.1) is 5.69 Å². The van der Waals surface area contributed by atoms with E-state index in [1.165, 1.54) is 0 Å². The topological polar surface area (TPSA) is 46.9 Å². The zero-order valence-electron chi connectivity index (χ0n) is 9.25. The Bertz CT molecular complexity index is 346. The molecule has 1 atom stereocenters. The summed E-state index contributed by atoms with van der Waals surface area (Å²) in [7, 11) is 0. The Hall–Kier alpha value is -0.840. The largest absolute Gasteiger partial charge is 0.350 e. The zero-order chi connectivity index (χ0) is 11.4. The SMILES string of the molecule is CCn1nc(C)cc1C(=O)NCC(C)Br. The summed E-state index contributed by atoms with van der Waals surface area (Å²) in [6, 6.07) is 1.80. The van der Waals surface area contributed by atoms with E-state index in [0.29, 0.717) is 18.8 Å². The monoisotopic (exact) mass is 273 g/mol. The second kappa shape index (κ2) is 5.30. The van der Waals surface area contributed by atoms with Crippen molar-refractivity contribution in [2.24, 2.45) is 0 Å². The van der Waals surface area contributed by atoms with Crippen LogP contribution in [0.5, 0.6) is 0 Å². The number of rotatable bonds is 4. The molecule has 1 aromatic heterocycles. The summed E-state index contributed by atoms with van der Waals surface area (Å²) in [4.78, 5) is 12.0. The third-order valence-corrected chi connectivity index (χ3v) is 2.30. The van der Waals surface area contributed by atoms with E-state index in [4.69, 9.17) is 0 Å². The highest BCUT2D eigenvalue weighted by Gasteiger charge is 2.12. The number of nitrogens with one attached hydrogen (secondary N) is 1. The van der Waals surface area contributed by atoms with Gasteiger partial charge in [-0.1, -0.05) is 22.9 Å². The maximum atomic E-state index is 11.7. The van der Waals surface area contributed by atoms with Crippen molar-refractivity contribution >= 4 is 21.8 Å². The number of amides is 1. The highest BCUT2D eigenvalue weighted by molar-refractivity contribution is 9.09. The van der Waals surface area contributed by atoms with Crippen LogP contribution in [-0.2, 0) is 6.54 Å². The fraction of sp³-hybridized carbons (Fsp3) is 0.600. The van der Waals surface area contributed by atoms with Crippen molar-refractivity contribution in [1.29, 1.82) is 0 Å². The number of aryl methyl sites for hydroxylation is 2. The molecule has 1 aromatic rings. The second-order valence-electron chi connectivity index (χ2n) is 3.48. The van der Waals surface area contributed by atoms with E-state index in [-0.39, 0.29) is 10.7 Å². The molecule has 4 nitrogen and oxygen atoms in total. The third kappa shape index (κ3) is 3.34. The van der Waals surface area contributed by atoms with Crippen LogP contribution in [0.3, 0.4) is 0 Å². The van der Waals surface area contributed by atoms with Gasteiger partial charge >= 0.3 is 0 Å². The number of hydrogen-bond donors (Lipinski definition) is 1. The molecule has 1 amide bonds. The van der Waals surface area contributed by atoms with Crippen LogP contribution in [0.4, 0.5) is 0 Å². The van der Waals surface area contributed by atoms with Gasteiger partial charge < -0.3 is 5.32 Å². The summed E-state index contributed by atoms with van der Waals surface area (Å²) in [6.07, 6.45) is 0. The highest BCUT2D eigenvalue weighted by atomic mass is 79.9. The van der Waals surface area contributed by atoms with Crippen molar-refractivity contribution < 1.29 is 4.79 Å². The average molecular weight is 274 g/mol. The molecule has 5 heteroatoms. The van der Waals surface area contributed by atoms with Crippen molar-refractivity contribution in [3.8, 4) is 0 Å².